The van der Waals surface area contributed by atoms with Gasteiger partial charge in [0.15, 0.2) is 0 Å². The molecule has 0 spiro atoms. The van der Waals surface area contributed by atoms with Crippen molar-refractivity contribution < 1.29 is 9.21 Å². The number of nitrogens with zero attached hydrogens (tertiary/aromatic N) is 5. The Kier molecular flexibility index (Phi) is 6.54. The van der Waals surface area contributed by atoms with E-state index in [2.05, 4.69) is 27.5 Å². The number of carbonyl (C=O) groups excluding carboxylic acids is 1. The molecule has 0 atom stereocenters. The largest absolute Gasteiger partial charge is 0.419 e. The molecule has 0 aliphatic carbocycles. The van der Waals surface area contributed by atoms with Gasteiger partial charge in [0.1, 0.15) is 5.82 Å². The number of thiophene rings is 1. The van der Waals surface area contributed by atoms with Crippen molar-refractivity contribution in [2.45, 2.75) is 26.8 Å². The molecule has 0 aliphatic heterocycles. The van der Waals surface area contributed by atoms with Gasteiger partial charge in [-0.25, -0.2) is 4.68 Å². The van der Waals surface area contributed by atoms with Gasteiger partial charge in [0.05, 0.1) is 29.3 Å². The van der Waals surface area contributed by atoms with Crippen molar-refractivity contribution in [2.24, 2.45) is 0 Å². The van der Waals surface area contributed by atoms with Gasteiger partial charge < -0.3 is 9.73 Å². The fraction of sp³-hybridized carbons (Fsp3) is 0.273. The molecule has 4 rings (SSSR count). The molecule has 0 fully saturated rings. The first-order valence-corrected chi connectivity index (χ1v) is 11.0. The predicted octanol–water partition coefficient (Wildman–Crippen LogP) is 4.14. The summed E-state index contributed by atoms with van der Waals surface area (Å²) in [5.41, 5.74) is 1.72. The van der Waals surface area contributed by atoms with Crippen LogP contribution in [-0.4, -0.2) is 43.9 Å². The number of hydrogen-bond donors (Lipinski definition) is 1. The monoisotopic (exact) mass is 436 g/mol. The summed E-state index contributed by atoms with van der Waals surface area (Å²) >= 11 is 1.55. The van der Waals surface area contributed by atoms with Crippen LogP contribution in [0.2, 0.25) is 0 Å². The molecule has 3 heterocycles. The third-order valence-electron chi connectivity index (χ3n) is 4.56. The second-order valence-electron chi connectivity index (χ2n) is 7.16. The van der Waals surface area contributed by atoms with E-state index < -0.39 is 0 Å². The van der Waals surface area contributed by atoms with Crippen molar-refractivity contribution >= 4 is 23.1 Å². The Morgan fingerprint density at radius 3 is 2.77 bits per heavy atom. The van der Waals surface area contributed by atoms with Crippen LogP contribution in [0.15, 0.2) is 58.3 Å². The molecule has 1 N–H and O–H groups in total. The van der Waals surface area contributed by atoms with E-state index in [1.165, 1.54) is 0 Å². The Morgan fingerprint density at radius 2 is 2.03 bits per heavy atom. The number of amides is 1. The molecular formula is C22H24N6O2S. The van der Waals surface area contributed by atoms with E-state index in [1.807, 2.05) is 65.7 Å². The first-order chi connectivity index (χ1) is 15.1. The third kappa shape index (κ3) is 5.25. The molecule has 4 aromatic rings. The molecule has 160 valence electrons. The van der Waals surface area contributed by atoms with Gasteiger partial charge in [-0.15, -0.1) is 21.5 Å². The molecule has 0 radical (unpaired) electrons. The quantitative estimate of drug-likeness (QED) is 0.424. The molecule has 9 heteroatoms. The summed E-state index contributed by atoms with van der Waals surface area (Å²) in [5.74, 6) is 1.52. The number of aromatic nitrogens is 4. The molecule has 3 aromatic heterocycles. The summed E-state index contributed by atoms with van der Waals surface area (Å²) in [7, 11) is 0. The SMILES string of the molecule is CCCN(CC(=O)Nc1cc(C)nn1-c1ccccc1)Cc1nnc(-c2cccs2)o1. The summed E-state index contributed by atoms with van der Waals surface area (Å²) in [6.07, 6.45) is 0.903. The molecule has 8 nitrogen and oxygen atoms in total. The Hall–Kier alpha value is -3.30. The predicted molar refractivity (Wildman–Crippen MR) is 120 cm³/mol. The third-order valence-corrected chi connectivity index (χ3v) is 5.42. The number of benzene rings is 1. The molecular weight excluding hydrogens is 412 g/mol. The van der Waals surface area contributed by atoms with Crippen LogP contribution in [-0.2, 0) is 11.3 Å². The smallest absolute Gasteiger partial charge is 0.257 e. The maximum atomic E-state index is 12.8. The van der Waals surface area contributed by atoms with Crippen LogP contribution < -0.4 is 5.32 Å². The fourth-order valence-electron chi connectivity index (χ4n) is 3.28. The van der Waals surface area contributed by atoms with Gasteiger partial charge in [-0.1, -0.05) is 31.2 Å². The molecule has 1 aromatic carbocycles. The van der Waals surface area contributed by atoms with Crippen molar-refractivity contribution in [1.29, 1.82) is 0 Å². The van der Waals surface area contributed by atoms with Gasteiger partial charge in [0.25, 0.3) is 5.89 Å². The van der Waals surface area contributed by atoms with Crippen LogP contribution in [0, 0.1) is 6.92 Å². The number of aryl methyl sites for hydroxylation is 1. The van der Waals surface area contributed by atoms with Crippen LogP contribution in [0.1, 0.15) is 24.9 Å². The minimum atomic E-state index is -0.122. The van der Waals surface area contributed by atoms with E-state index in [0.717, 1.165) is 29.2 Å². The number of rotatable bonds is 9. The second kappa shape index (κ2) is 9.67. The Morgan fingerprint density at radius 1 is 1.19 bits per heavy atom. The van der Waals surface area contributed by atoms with E-state index in [1.54, 1.807) is 16.0 Å². The number of hydrogen-bond acceptors (Lipinski definition) is 7. The number of carbonyl (C=O) groups is 1. The van der Waals surface area contributed by atoms with Crippen molar-refractivity contribution in [3.63, 3.8) is 0 Å². The molecule has 0 aliphatic rings. The minimum Gasteiger partial charge on any atom is -0.419 e. The normalized spacial score (nSPS) is 11.2. The summed E-state index contributed by atoms with van der Waals surface area (Å²) in [4.78, 5) is 15.7. The van der Waals surface area contributed by atoms with E-state index in [4.69, 9.17) is 4.42 Å². The zero-order valence-corrected chi connectivity index (χ0v) is 18.3. The summed E-state index contributed by atoms with van der Waals surface area (Å²) in [5, 5.41) is 17.7. The van der Waals surface area contributed by atoms with Crippen LogP contribution >= 0.6 is 11.3 Å². The molecule has 31 heavy (non-hydrogen) atoms. The topological polar surface area (TPSA) is 89.1 Å². The highest BCUT2D eigenvalue weighted by atomic mass is 32.1. The average Bonchev–Trinajstić information content (AvgIpc) is 3.50. The van der Waals surface area contributed by atoms with E-state index in [9.17, 15) is 4.79 Å². The van der Waals surface area contributed by atoms with Gasteiger partial charge in [-0.05, 0) is 43.5 Å². The van der Waals surface area contributed by atoms with Crippen molar-refractivity contribution in [3.8, 4) is 16.5 Å². The maximum Gasteiger partial charge on any atom is 0.257 e. The lowest BCUT2D eigenvalue weighted by atomic mass is 10.3. The molecule has 0 saturated carbocycles. The highest BCUT2D eigenvalue weighted by molar-refractivity contribution is 7.13. The number of anilines is 1. The summed E-state index contributed by atoms with van der Waals surface area (Å²) in [6, 6.07) is 15.5. The van der Waals surface area contributed by atoms with Gasteiger partial charge >= 0.3 is 0 Å². The van der Waals surface area contributed by atoms with E-state index in [-0.39, 0.29) is 12.5 Å². The average molecular weight is 437 g/mol. The van der Waals surface area contributed by atoms with Gasteiger partial charge in [0.2, 0.25) is 11.8 Å². The molecule has 0 bridgehead atoms. The Bertz CT molecular complexity index is 1120. The standard InChI is InChI=1S/C22H24N6O2S/c1-3-11-27(15-21-24-25-22(30-21)18-10-7-12-31-18)14-20(29)23-19-13-16(2)26-28(19)17-8-5-4-6-9-17/h4-10,12-13H,3,11,14-15H2,1-2H3,(H,23,29). The van der Waals surface area contributed by atoms with Crippen molar-refractivity contribution in [1.82, 2.24) is 24.9 Å². The van der Waals surface area contributed by atoms with E-state index in [0.29, 0.717) is 24.1 Å². The summed E-state index contributed by atoms with van der Waals surface area (Å²) < 4.78 is 7.52. The van der Waals surface area contributed by atoms with Crippen LogP contribution in [0.3, 0.4) is 0 Å². The van der Waals surface area contributed by atoms with E-state index >= 15 is 0 Å². The lowest BCUT2D eigenvalue weighted by Crippen LogP contribution is -2.34. The lowest BCUT2D eigenvalue weighted by Gasteiger charge is -2.19. The first-order valence-electron chi connectivity index (χ1n) is 10.1. The van der Waals surface area contributed by atoms with Crippen LogP contribution in [0.25, 0.3) is 16.5 Å². The molecule has 1 amide bonds. The zero-order valence-electron chi connectivity index (χ0n) is 17.5. The lowest BCUT2D eigenvalue weighted by molar-refractivity contribution is -0.117. The highest BCUT2D eigenvalue weighted by Crippen LogP contribution is 2.23. The van der Waals surface area contributed by atoms with Crippen LogP contribution in [0.4, 0.5) is 5.82 Å². The summed E-state index contributed by atoms with van der Waals surface area (Å²) in [6.45, 7) is 5.34. The second-order valence-corrected chi connectivity index (χ2v) is 8.10. The van der Waals surface area contributed by atoms with Crippen LogP contribution in [0.5, 0.6) is 0 Å². The molecule has 0 unspecified atom stereocenters. The first kappa shape index (κ1) is 21.0. The Balaban J connectivity index is 1.43. The van der Waals surface area contributed by atoms with Gasteiger partial charge in [0, 0.05) is 6.07 Å². The van der Waals surface area contributed by atoms with Crippen molar-refractivity contribution in [2.75, 3.05) is 18.4 Å². The van der Waals surface area contributed by atoms with Gasteiger partial charge in [-0.3, -0.25) is 9.69 Å². The maximum absolute atomic E-state index is 12.8. The molecule has 0 saturated heterocycles. The zero-order chi connectivity index (χ0) is 21.6. The fourth-order valence-corrected chi connectivity index (χ4v) is 3.92. The highest BCUT2D eigenvalue weighted by Gasteiger charge is 2.17. The number of para-hydroxylation sites is 1. The van der Waals surface area contributed by atoms with Gasteiger partial charge in [-0.2, -0.15) is 5.10 Å². The number of nitrogens with one attached hydrogen (secondary N) is 1. The Labute approximate surface area is 184 Å². The minimum absolute atomic E-state index is 0.122. The van der Waals surface area contributed by atoms with Crippen molar-refractivity contribution in [3.05, 3.63) is 65.5 Å².